The zero-order valence-electron chi connectivity index (χ0n) is 14.5. The normalized spacial score (nSPS) is 16.4. The zero-order valence-corrected chi connectivity index (χ0v) is 15.3. The van der Waals surface area contributed by atoms with Gasteiger partial charge in [-0.1, -0.05) is 0 Å². The van der Waals surface area contributed by atoms with Gasteiger partial charge >= 0.3 is 5.63 Å². The average molecular weight is 386 g/mol. The first-order valence-corrected chi connectivity index (χ1v) is 10.0. The van der Waals surface area contributed by atoms with Crippen molar-refractivity contribution in [2.24, 2.45) is 0 Å². The molecule has 2 aromatic heterocycles. The number of hydrogen-bond donors (Lipinski definition) is 0. The van der Waals surface area contributed by atoms with Crippen LogP contribution in [0, 0.1) is 0 Å². The first kappa shape index (κ1) is 17.6. The molecule has 9 heteroatoms. The largest absolute Gasteiger partial charge is 0.423 e. The highest BCUT2D eigenvalue weighted by Gasteiger charge is 2.27. The number of sulfonamides is 1. The van der Waals surface area contributed by atoms with Crippen LogP contribution in [-0.2, 0) is 10.0 Å². The molecule has 0 atom stereocenters. The topological polar surface area (TPSA) is 96.6 Å². The van der Waals surface area contributed by atoms with Gasteiger partial charge in [-0.15, -0.1) is 0 Å². The first-order valence-electron chi connectivity index (χ1n) is 8.60. The van der Waals surface area contributed by atoms with E-state index in [4.69, 9.17) is 4.42 Å². The molecular weight excluding hydrogens is 368 g/mol. The molecule has 0 spiro atoms. The third kappa shape index (κ3) is 3.56. The fraction of sp³-hybridized carbons (Fsp3) is 0.278. The second-order valence-corrected chi connectivity index (χ2v) is 8.19. The molecule has 1 fully saturated rings. The summed E-state index contributed by atoms with van der Waals surface area (Å²) in [7, 11) is -3.65. The molecule has 4 rings (SSSR count). The van der Waals surface area contributed by atoms with E-state index in [1.165, 1.54) is 28.6 Å². The summed E-state index contributed by atoms with van der Waals surface area (Å²) in [6, 6.07) is 9.13. The van der Waals surface area contributed by atoms with Crippen molar-refractivity contribution in [3.05, 3.63) is 59.2 Å². The lowest BCUT2D eigenvalue weighted by molar-refractivity contribution is 0.433. The fourth-order valence-electron chi connectivity index (χ4n) is 3.15. The van der Waals surface area contributed by atoms with E-state index in [0.717, 1.165) is 0 Å². The summed E-state index contributed by atoms with van der Waals surface area (Å²) >= 11 is 0. The van der Waals surface area contributed by atoms with E-state index in [2.05, 4.69) is 9.97 Å². The maximum Gasteiger partial charge on any atom is 0.336 e. The van der Waals surface area contributed by atoms with E-state index in [9.17, 15) is 13.2 Å². The minimum absolute atomic E-state index is 0.188. The standard InChI is InChI=1S/C18H18N4O4S/c23-17-6-3-14-13-15(4-5-16(14)26-17)27(24,25)22-10-2-9-21(11-12-22)18-19-7-1-8-20-18/h1,3-8,13H,2,9-12H2. The molecule has 0 N–H and O–H groups in total. The Labute approximate surface area is 156 Å². The summed E-state index contributed by atoms with van der Waals surface area (Å²) in [6.45, 7) is 1.99. The minimum Gasteiger partial charge on any atom is -0.423 e. The maximum absolute atomic E-state index is 13.1. The van der Waals surface area contributed by atoms with Crippen LogP contribution in [0.25, 0.3) is 11.0 Å². The molecule has 1 saturated heterocycles. The van der Waals surface area contributed by atoms with Crippen LogP contribution in [0.15, 0.2) is 62.9 Å². The molecule has 0 unspecified atom stereocenters. The van der Waals surface area contributed by atoms with Gasteiger partial charge in [0.15, 0.2) is 0 Å². The van der Waals surface area contributed by atoms with E-state index >= 15 is 0 Å². The van der Waals surface area contributed by atoms with Crippen molar-refractivity contribution in [1.82, 2.24) is 14.3 Å². The molecule has 0 radical (unpaired) electrons. The molecule has 0 bridgehead atoms. The summed E-state index contributed by atoms with van der Waals surface area (Å²) in [5, 5.41) is 0.574. The first-order chi connectivity index (χ1) is 13.0. The number of hydrogen-bond acceptors (Lipinski definition) is 7. The molecular formula is C18H18N4O4S. The highest BCUT2D eigenvalue weighted by atomic mass is 32.2. The lowest BCUT2D eigenvalue weighted by Gasteiger charge is -2.21. The number of nitrogens with zero attached hydrogens (tertiary/aromatic N) is 4. The Bertz CT molecular complexity index is 1110. The van der Waals surface area contributed by atoms with Crippen LogP contribution >= 0.6 is 0 Å². The second-order valence-electron chi connectivity index (χ2n) is 6.25. The lowest BCUT2D eigenvalue weighted by Crippen LogP contribution is -2.35. The highest BCUT2D eigenvalue weighted by Crippen LogP contribution is 2.22. The van der Waals surface area contributed by atoms with Gasteiger partial charge in [-0.2, -0.15) is 4.31 Å². The Balaban J connectivity index is 1.58. The van der Waals surface area contributed by atoms with Crippen LogP contribution in [0.4, 0.5) is 5.95 Å². The van der Waals surface area contributed by atoms with Crippen molar-refractivity contribution in [3.8, 4) is 0 Å². The third-order valence-electron chi connectivity index (χ3n) is 4.52. The van der Waals surface area contributed by atoms with Crippen LogP contribution in [0.2, 0.25) is 0 Å². The average Bonchev–Trinajstić information content (AvgIpc) is 2.95. The monoisotopic (exact) mass is 386 g/mol. The van der Waals surface area contributed by atoms with E-state index in [-0.39, 0.29) is 4.90 Å². The van der Waals surface area contributed by atoms with E-state index in [1.54, 1.807) is 24.5 Å². The number of anilines is 1. The Kier molecular flexibility index (Phi) is 4.63. The Morgan fingerprint density at radius 2 is 1.78 bits per heavy atom. The predicted molar refractivity (Wildman–Crippen MR) is 100 cm³/mol. The van der Waals surface area contributed by atoms with Crippen LogP contribution in [0.1, 0.15) is 6.42 Å². The number of benzene rings is 1. The van der Waals surface area contributed by atoms with Crippen LogP contribution < -0.4 is 10.5 Å². The van der Waals surface area contributed by atoms with Gasteiger partial charge in [0.05, 0.1) is 4.90 Å². The Hall–Kier alpha value is -2.78. The number of aromatic nitrogens is 2. The van der Waals surface area contributed by atoms with Crippen LogP contribution in [-0.4, -0.2) is 48.9 Å². The lowest BCUT2D eigenvalue weighted by atomic mass is 10.2. The molecule has 1 aliphatic heterocycles. The van der Waals surface area contributed by atoms with Crippen molar-refractivity contribution in [1.29, 1.82) is 0 Å². The van der Waals surface area contributed by atoms with E-state index in [1.807, 2.05) is 4.90 Å². The molecule has 3 aromatic rings. The van der Waals surface area contributed by atoms with Crippen molar-refractivity contribution < 1.29 is 12.8 Å². The molecule has 0 aliphatic carbocycles. The fourth-order valence-corrected chi connectivity index (χ4v) is 4.65. The van der Waals surface area contributed by atoms with Crippen molar-refractivity contribution >= 4 is 26.9 Å². The second kappa shape index (κ2) is 7.09. The summed E-state index contributed by atoms with van der Waals surface area (Å²) < 4.78 is 32.7. The smallest absolute Gasteiger partial charge is 0.336 e. The van der Waals surface area contributed by atoms with Crippen molar-refractivity contribution in [2.45, 2.75) is 11.3 Å². The van der Waals surface area contributed by atoms with E-state index < -0.39 is 15.6 Å². The third-order valence-corrected chi connectivity index (χ3v) is 6.41. The molecule has 1 aromatic carbocycles. The van der Waals surface area contributed by atoms with Crippen molar-refractivity contribution in [3.63, 3.8) is 0 Å². The van der Waals surface area contributed by atoms with Crippen LogP contribution in [0.3, 0.4) is 0 Å². The Morgan fingerprint density at radius 3 is 2.59 bits per heavy atom. The van der Waals surface area contributed by atoms with E-state index in [0.29, 0.717) is 49.5 Å². The van der Waals surface area contributed by atoms with Crippen LogP contribution in [0.5, 0.6) is 0 Å². The summed E-state index contributed by atoms with van der Waals surface area (Å²) in [5.74, 6) is 0.609. The number of rotatable bonds is 3. The molecule has 3 heterocycles. The van der Waals surface area contributed by atoms with Gasteiger partial charge in [-0.05, 0) is 36.8 Å². The van der Waals surface area contributed by atoms with Gasteiger partial charge in [0.25, 0.3) is 0 Å². The van der Waals surface area contributed by atoms with Gasteiger partial charge in [0.2, 0.25) is 16.0 Å². The van der Waals surface area contributed by atoms with Crippen molar-refractivity contribution in [2.75, 3.05) is 31.1 Å². The van der Waals surface area contributed by atoms with Gasteiger partial charge < -0.3 is 9.32 Å². The Morgan fingerprint density at radius 1 is 0.963 bits per heavy atom. The van der Waals surface area contributed by atoms with Gasteiger partial charge in [0, 0.05) is 50.0 Å². The predicted octanol–water partition coefficient (Wildman–Crippen LogP) is 1.48. The highest BCUT2D eigenvalue weighted by molar-refractivity contribution is 7.89. The van der Waals surface area contributed by atoms with Gasteiger partial charge in [0.1, 0.15) is 5.58 Å². The maximum atomic E-state index is 13.1. The molecule has 0 amide bonds. The van der Waals surface area contributed by atoms with Gasteiger partial charge in [-0.3, -0.25) is 0 Å². The SMILES string of the molecule is O=c1ccc2cc(S(=O)(=O)N3CCCN(c4ncccn4)CC3)ccc2o1. The summed E-state index contributed by atoms with van der Waals surface area (Å²) in [5.41, 5.74) is -0.0986. The molecule has 27 heavy (non-hydrogen) atoms. The summed E-state index contributed by atoms with van der Waals surface area (Å²) in [4.78, 5) is 22.0. The molecule has 0 saturated carbocycles. The quantitative estimate of drug-likeness (QED) is 0.629. The number of fused-ring (bicyclic) bond motifs is 1. The molecule has 1 aliphatic rings. The zero-order chi connectivity index (χ0) is 18.9. The molecule has 140 valence electrons. The minimum atomic E-state index is -3.65. The van der Waals surface area contributed by atoms with Gasteiger partial charge in [-0.25, -0.2) is 23.2 Å². The summed E-state index contributed by atoms with van der Waals surface area (Å²) in [6.07, 6.45) is 4.03. The molecule has 8 nitrogen and oxygen atoms in total.